The lowest BCUT2D eigenvalue weighted by atomic mass is 10.1. The lowest BCUT2D eigenvalue weighted by molar-refractivity contribution is -0.137. The summed E-state index contributed by atoms with van der Waals surface area (Å²) >= 11 is 3.23. The van der Waals surface area contributed by atoms with E-state index < -0.39 is 11.7 Å². The molecular weight excluding hydrogens is 337 g/mol. The molecule has 4 nitrogen and oxygen atoms in total. The molecule has 0 spiro atoms. The predicted molar refractivity (Wildman–Crippen MR) is 72.9 cm³/mol. The van der Waals surface area contributed by atoms with Crippen molar-refractivity contribution >= 4 is 27.6 Å². The topological polar surface area (TPSA) is 63.8 Å². The minimum atomic E-state index is -4.32. The van der Waals surface area contributed by atoms with E-state index in [2.05, 4.69) is 31.2 Å². The summed E-state index contributed by atoms with van der Waals surface area (Å²) in [6.45, 7) is 0.327. The number of benzene rings is 1. The number of halogens is 4. The fraction of sp³-hybridized carbons (Fsp3) is 0.167. The molecule has 0 saturated carbocycles. The molecule has 0 fully saturated rings. The maximum Gasteiger partial charge on any atom is 0.416 e. The third kappa shape index (κ3) is 3.38. The van der Waals surface area contributed by atoms with E-state index in [1.54, 1.807) is 0 Å². The van der Waals surface area contributed by atoms with Crippen LogP contribution in [-0.2, 0) is 12.7 Å². The molecule has 0 atom stereocenters. The van der Waals surface area contributed by atoms with E-state index >= 15 is 0 Å². The molecule has 0 aliphatic rings. The van der Waals surface area contributed by atoms with Crippen LogP contribution in [0.2, 0.25) is 0 Å². The van der Waals surface area contributed by atoms with Crippen LogP contribution in [-0.4, -0.2) is 9.97 Å². The maximum atomic E-state index is 12.4. The van der Waals surface area contributed by atoms with Gasteiger partial charge in [-0.15, -0.1) is 0 Å². The van der Waals surface area contributed by atoms with Crippen LogP contribution in [0.5, 0.6) is 0 Å². The number of aromatic nitrogens is 2. The smallest absolute Gasteiger partial charge is 0.383 e. The van der Waals surface area contributed by atoms with Crippen LogP contribution < -0.4 is 11.1 Å². The van der Waals surface area contributed by atoms with Crippen molar-refractivity contribution in [3.8, 4) is 0 Å². The number of anilines is 2. The van der Waals surface area contributed by atoms with E-state index in [1.807, 2.05) is 0 Å². The van der Waals surface area contributed by atoms with Crippen LogP contribution in [0.1, 0.15) is 11.1 Å². The second-order valence-electron chi connectivity index (χ2n) is 3.97. The number of nitrogens with two attached hydrogens (primary N) is 1. The molecule has 1 aromatic heterocycles. The van der Waals surface area contributed by atoms with Gasteiger partial charge in [0, 0.05) is 6.54 Å². The average Bonchev–Trinajstić information content (AvgIpc) is 2.40. The van der Waals surface area contributed by atoms with Gasteiger partial charge in [0.1, 0.15) is 22.4 Å². The van der Waals surface area contributed by atoms with Crippen molar-refractivity contribution in [3.63, 3.8) is 0 Å². The maximum absolute atomic E-state index is 12.4. The van der Waals surface area contributed by atoms with Gasteiger partial charge in [0.2, 0.25) is 0 Å². The van der Waals surface area contributed by atoms with Crippen molar-refractivity contribution < 1.29 is 13.2 Å². The number of alkyl halides is 3. The third-order valence-electron chi connectivity index (χ3n) is 2.56. The Morgan fingerprint density at radius 3 is 2.40 bits per heavy atom. The number of rotatable bonds is 3. The summed E-state index contributed by atoms with van der Waals surface area (Å²) in [5.74, 6) is 0.771. The molecule has 2 rings (SSSR count). The van der Waals surface area contributed by atoms with Crippen molar-refractivity contribution in [1.29, 1.82) is 0 Å². The van der Waals surface area contributed by atoms with E-state index in [1.165, 1.54) is 18.5 Å². The van der Waals surface area contributed by atoms with Crippen LogP contribution in [0.25, 0.3) is 0 Å². The van der Waals surface area contributed by atoms with Crippen molar-refractivity contribution in [2.75, 3.05) is 11.1 Å². The van der Waals surface area contributed by atoms with Gasteiger partial charge in [-0.05, 0) is 33.6 Å². The molecule has 1 heterocycles. The zero-order chi connectivity index (χ0) is 14.8. The molecule has 106 valence electrons. The van der Waals surface area contributed by atoms with Crippen LogP contribution in [0, 0.1) is 0 Å². The molecule has 2 aromatic rings. The lowest BCUT2D eigenvalue weighted by Gasteiger charge is -2.10. The molecule has 0 bridgehead atoms. The van der Waals surface area contributed by atoms with Crippen molar-refractivity contribution in [2.45, 2.75) is 12.7 Å². The van der Waals surface area contributed by atoms with Gasteiger partial charge in [-0.25, -0.2) is 9.97 Å². The van der Waals surface area contributed by atoms with E-state index in [9.17, 15) is 13.2 Å². The van der Waals surface area contributed by atoms with Gasteiger partial charge in [0.15, 0.2) is 0 Å². The highest BCUT2D eigenvalue weighted by Gasteiger charge is 2.29. The second-order valence-corrected chi connectivity index (χ2v) is 4.76. The molecule has 3 N–H and O–H groups in total. The van der Waals surface area contributed by atoms with Gasteiger partial charge in [-0.3, -0.25) is 0 Å². The number of nitrogens with one attached hydrogen (secondary N) is 1. The van der Waals surface area contributed by atoms with Crippen LogP contribution in [0.15, 0.2) is 35.1 Å². The van der Waals surface area contributed by atoms with Crippen LogP contribution in [0.4, 0.5) is 24.8 Å². The van der Waals surface area contributed by atoms with E-state index in [4.69, 9.17) is 5.73 Å². The average molecular weight is 347 g/mol. The molecule has 1 aromatic carbocycles. The van der Waals surface area contributed by atoms with E-state index in [0.717, 1.165) is 12.1 Å². The molecule has 0 aliphatic carbocycles. The molecule has 0 aliphatic heterocycles. The predicted octanol–water partition coefficient (Wildman–Crippen LogP) is 3.45. The number of nitrogens with zero attached hydrogens (tertiary/aromatic N) is 2. The number of hydrogen-bond donors (Lipinski definition) is 2. The molecule has 0 radical (unpaired) electrons. The van der Waals surface area contributed by atoms with E-state index in [0.29, 0.717) is 22.4 Å². The summed E-state index contributed by atoms with van der Waals surface area (Å²) in [5.41, 5.74) is 5.62. The first-order valence-corrected chi connectivity index (χ1v) is 6.33. The van der Waals surface area contributed by atoms with Crippen molar-refractivity contribution in [3.05, 3.63) is 46.2 Å². The third-order valence-corrected chi connectivity index (χ3v) is 3.34. The van der Waals surface area contributed by atoms with Gasteiger partial charge in [-0.2, -0.15) is 13.2 Å². The van der Waals surface area contributed by atoms with Gasteiger partial charge >= 0.3 is 6.18 Å². The van der Waals surface area contributed by atoms with Crippen molar-refractivity contribution in [1.82, 2.24) is 9.97 Å². The van der Waals surface area contributed by atoms with E-state index in [-0.39, 0.29) is 5.82 Å². The first kappa shape index (κ1) is 14.6. The highest BCUT2D eigenvalue weighted by molar-refractivity contribution is 9.10. The first-order chi connectivity index (χ1) is 9.38. The largest absolute Gasteiger partial charge is 0.416 e. The molecule has 0 unspecified atom stereocenters. The summed E-state index contributed by atoms with van der Waals surface area (Å²) in [6, 6.07) is 4.91. The Morgan fingerprint density at radius 1 is 1.15 bits per heavy atom. The Balaban J connectivity index is 2.06. The number of nitrogen functional groups attached to an aromatic ring is 1. The SMILES string of the molecule is Nc1ncnc(NCc2ccc(C(F)(F)F)cc2)c1Br. The second kappa shape index (κ2) is 5.66. The Kier molecular flexibility index (Phi) is 4.12. The van der Waals surface area contributed by atoms with Gasteiger partial charge in [0.25, 0.3) is 0 Å². The lowest BCUT2D eigenvalue weighted by Crippen LogP contribution is -2.07. The standard InChI is InChI=1S/C12H10BrF3N4/c13-9-10(17)19-6-20-11(9)18-5-7-1-3-8(4-2-7)12(14,15)16/h1-4,6H,5H2,(H3,17,18,19,20). The summed E-state index contributed by atoms with van der Waals surface area (Å²) in [6.07, 6.45) is -3.02. The Bertz CT molecular complexity index is 599. The summed E-state index contributed by atoms with van der Waals surface area (Å²) in [7, 11) is 0. The fourth-order valence-electron chi connectivity index (χ4n) is 1.50. The summed E-state index contributed by atoms with van der Waals surface area (Å²) in [4.78, 5) is 7.77. The van der Waals surface area contributed by atoms with Crippen LogP contribution >= 0.6 is 15.9 Å². The number of hydrogen-bond acceptors (Lipinski definition) is 4. The minimum Gasteiger partial charge on any atom is -0.383 e. The van der Waals surface area contributed by atoms with Crippen molar-refractivity contribution in [2.24, 2.45) is 0 Å². The highest BCUT2D eigenvalue weighted by atomic mass is 79.9. The highest BCUT2D eigenvalue weighted by Crippen LogP contribution is 2.29. The summed E-state index contributed by atoms with van der Waals surface area (Å²) in [5, 5.41) is 2.97. The molecule has 0 saturated heterocycles. The van der Waals surface area contributed by atoms with Crippen LogP contribution in [0.3, 0.4) is 0 Å². The minimum absolute atomic E-state index is 0.287. The zero-order valence-corrected chi connectivity index (χ0v) is 11.7. The van der Waals surface area contributed by atoms with Gasteiger partial charge in [-0.1, -0.05) is 12.1 Å². The Morgan fingerprint density at radius 2 is 1.80 bits per heavy atom. The van der Waals surface area contributed by atoms with Gasteiger partial charge in [0.05, 0.1) is 5.56 Å². The molecule has 0 amide bonds. The first-order valence-electron chi connectivity index (χ1n) is 5.54. The molecule has 8 heteroatoms. The Hall–Kier alpha value is -1.83. The Labute approximate surface area is 121 Å². The molecular formula is C12H10BrF3N4. The monoisotopic (exact) mass is 346 g/mol. The fourth-order valence-corrected chi connectivity index (χ4v) is 1.85. The molecule has 20 heavy (non-hydrogen) atoms. The van der Waals surface area contributed by atoms with Gasteiger partial charge < -0.3 is 11.1 Å². The zero-order valence-electron chi connectivity index (χ0n) is 10.1. The quantitative estimate of drug-likeness (QED) is 0.893. The normalized spacial score (nSPS) is 11.4. The summed E-state index contributed by atoms with van der Waals surface area (Å²) < 4.78 is 37.8.